The predicted octanol–water partition coefficient (Wildman–Crippen LogP) is 3.30. The second-order valence-electron chi connectivity index (χ2n) is 3.79. The van der Waals surface area contributed by atoms with Crippen LogP contribution in [0, 0.1) is 0 Å². The molecule has 0 bridgehead atoms. The Morgan fingerprint density at radius 3 is 2.79 bits per heavy atom. The molecule has 1 aromatic heterocycles. The number of ether oxygens (including phenoxy) is 1. The van der Waals surface area contributed by atoms with Crippen LogP contribution in [0.3, 0.4) is 0 Å². The molecule has 2 rings (SSSR count). The first kappa shape index (κ1) is 14.0. The number of halogens is 1. The van der Waals surface area contributed by atoms with Crippen LogP contribution in [0.15, 0.2) is 34.1 Å². The first-order chi connectivity index (χ1) is 9.04. The van der Waals surface area contributed by atoms with E-state index in [0.29, 0.717) is 16.2 Å². The summed E-state index contributed by atoms with van der Waals surface area (Å²) in [7, 11) is 1.51. The van der Waals surface area contributed by atoms with Gasteiger partial charge in [-0.1, -0.05) is 15.9 Å². The minimum atomic E-state index is -1.05. The number of hydrogen-bond acceptors (Lipinski definition) is 4. The number of benzene rings is 1. The van der Waals surface area contributed by atoms with Crippen molar-refractivity contribution in [3.05, 3.63) is 50.1 Å². The summed E-state index contributed by atoms with van der Waals surface area (Å²) in [5, 5.41) is 21.1. The highest BCUT2D eigenvalue weighted by molar-refractivity contribution is 9.10. The number of aromatic carboxylic acids is 1. The van der Waals surface area contributed by atoms with Crippen molar-refractivity contribution in [1.82, 2.24) is 0 Å². The van der Waals surface area contributed by atoms with Gasteiger partial charge in [0.25, 0.3) is 0 Å². The van der Waals surface area contributed by atoms with Crippen LogP contribution < -0.4 is 4.74 Å². The molecule has 1 unspecified atom stereocenters. The van der Waals surface area contributed by atoms with Gasteiger partial charge in [-0.05, 0) is 29.6 Å². The minimum absolute atomic E-state index is 0.111. The van der Waals surface area contributed by atoms with Gasteiger partial charge in [0.2, 0.25) is 0 Å². The monoisotopic (exact) mass is 342 g/mol. The lowest BCUT2D eigenvalue weighted by atomic mass is 10.0. The molecule has 0 amide bonds. The fourth-order valence-electron chi connectivity index (χ4n) is 1.77. The molecule has 0 saturated heterocycles. The van der Waals surface area contributed by atoms with Crippen LogP contribution in [-0.4, -0.2) is 23.3 Å². The molecule has 0 aliphatic carbocycles. The maximum Gasteiger partial charge on any atom is 0.336 e. The van der Waals surface area contributed by atoms with E-state index in [1.165, 1.54) is 24.5 Å². The highest BCUT2D eigenvalue weighted by Crippen LogP contribution is 2.36. The average molecular weight is 343 g/mol. The lowest BCUT2D eigenvalue weighted by molar-refractivity contribution is 0.0692. The van der Waals surface area contributed by atoms with Crippen molar-refractivity contribution in [2.24, 2.45) is 0 Å². The Labute approximate surface area is 122 Å². The summed E-state index contributed by atoms with van der Waals surface area (Å²) in [4.78, 5) is 11.5. The Morgan fingerprint density at radius 1 is 1.42 bits per heavy atom. The molecule has 1 heterocycles. The molecule has 1 atom stereocenters. The smallest absolute Gasteiger partial charge is 0.336 e. The van der Waals surface area contributed by atoms with E-state index in [4.69, 9.17) is 9.84 Å². The van der Waals surface area contributed by atoms with Crippen LogP contribution in [0.2, 0.25) is 0 Å². The van der Waals surface area contributed by atoms with Gasteiger partial charge in [0, 0.05) is 10.0 Å². The summed E-state index contributed by atoms with van der Waals surface area (Å²) >= 11 is 4.53. The molecule has 4 nitrogen and oxygen atoms in total. The number of aliphatic hydroxyl groups excluding tert-OH is 1. The van der Waals surface area contributed by atoms with E-state index in [-0.39, 0.29) is 5.56 Å². The zero-order valence-electron chi connectivity index (χ0n) is 9.96. The van der Waals surface area contributed by atoms with Gasteiger partial charge in [0.05, 0.1) is 17.6 Å². The van der Waals surface area contributed by atoms with Crippen molar-refractivity contribution in [3.8, 4) is 5.75 Å². The van der Waals surface area contributed by atoms with Gasteiger partial charge < -0.3 is 14.9 Å². The van der Waals surface area contributed by atoms with E-state index < -0.39 is 12.1 Å². The van der Waals surface area contributed by atoms with Gasteiger partial charge in [-0.25, -0.2) is 4.79 Å². The predicted molar refractivity (Wildman–Crippen MR) is 76.0 cm³/mol. The number of carboxylic acids is 1. The number of carbonyl (C=O) groups is 1. The molecule has 0 spiro atoms. The van der Waals surface area contributed by atoms with Gasteiger partial charge in [-0.15, -0.1) is 11.3 Å². The van der Waals surface area contributed by atoms with E-state index in [1.54, 1.807) is 23.6 Å². The molecule has 1 aromatic carbocycles. The third-order valence-electron chi connectivity index (χ3n) is 2.66. The standard InChI is InChI=1S/C13H11BrO4S/c1-18-10-3-2-7(14)6-9(10)11(15)12-8(13(16)17)4-5-19-12/h2-6,11,15H,1H3,(H,16,17). The number of rotatable bonds is 4. The zero-order chi connectivity index (χ0) is 14.0. The number of methoxy groups -OCH3 is 1. The SMILES string of the molecule is COc1ccc(Br)cc1C(O)c1sccc1C(=O)O. The normalized spacial score (nSPS) is 12.2. The second-order valence-corrected chi connectivity index (χ2v) is 5.66. The van der Waals surface area contributed by atoms with E-state index in [2.05, 4.69) is 15.9 Å². The van der Waals surface area contributed by atoms with Crippen LogP contribution in [-0.2, 0) is 0 Å². The second kappa shape index (κ2) is 5.73. The maximum absolute atomic E-state index is 11.1. The topological polar surface area (TPSA) is 66.8 Å². The highest BCUT2D eigenvalue weighted by atomic mass is 79.9. The van der Waals surface area contributed by atoms with Gasteiger partial charge in [0.1, 0.15) is 11.9 Å². The number of hydrogen-bond donors (Lipinski definition) is 2. The molecule has 0 saturated carbocycles. The lowest BCUT2D eigenvalue weighted by Gasteiger charge is -2.15. The van der Waals surface area contributed by atoms with Crippen molar-refractivity contribution in [3.63, 3.8) is 0 Å². The molecule has 19 heavy (non-hydrogen) atoms. The summed E-state index contributed by atoms with van der Waals surface area (Å²) < 4.78 is 5.98. The van der Waals surface area contributed by atoms with Crippen LogP contribution in [0.5, 0.6) is 5.75 Å². The van der Waals surface area contributed by atoms with Crippen LogP contribution in [0.1, 0.15) is 26.9 Å². The maximum atomic E-state index is 11.1. The number of aliphatic hydroxyl groups is 1. The Hall–Kier alpha value is -1.37. The molecule has 0 radical (unpaired) electrons. The van der Waals surface area contributed by atoms with E-state index in [0.717, 1.165) is 4.47 Å². The number of carboxylic acid groups (broad SMARTS) is 1. The highest BCUT2D eigenvalue weighted by Gasteiger charge is 2.23. The van der Waals surface area contributed by atoms with E-state index in [1.807, 2.05) is 0 Å². The summed E-state index contributed by atoms with van der Waals surface area (Å²) in [5.74, 6) is -0.537. The molecule has 2 aromatic rings. The van der Waals surface area contributed by atoms with Gasteiger partial charge in [-0.3, -0.25) is 0 Å². The first-order valence-corrected chi connectivity index (χ1v) is 7.04. The van der Waals surface area contributed by atoms with E-state index in [9.17, 15) is 9.90 Å². The van der Waals surface area contributed by atoms with E-state index >= 15 is 0 Å². The zero-order valence-corrected chi connectivity index (χ0v) is 12.4. The van der Waals surface area contributed by atoms with Gasteiger partial charge in [0.15, 0.2) is 0 Å². The summed E-state index contributed by atoms with van der Waals surface area (Å²) in [6.07, 6.45) is -1.03. The quantitative estimate of drug-likeness (QED) is 0.894. The van der Waals surface area contributed by atoms with Crippen LogP contribution in [0.25, 0.3) is 0 Å². The van der Waals surface area contributed by atoms with Crippen molar-refractivity contribution >= 4 is 33.2 Å². The summed E-state index contributed by atoms with van der Waals surface area (Å²) in [6, 6.07) is 6.71. The third kappa shape index (κ3) is 2.80. The van der Waals surface area contributed by atoms with Gasteiger partial charge in [-0.2, -0.15) is 0 Å². The Balaban J connectivity index is 2.49. The largest absolute Gasteiger partial charge is 0.496 e. The first-order valence-electron chi connectivity index (χ1n) is 5.36. The molecule has 6 heteroatoms. The number of thiophene rings is 1. The van der Waals surface area contributed by atoms with Crippen molar-refractivity contribution in [1.29, 1.82) is 0 Å². The molecule has 100 valence electrons. The Kier molecular flexibility index (Phi) is 4.24. The van der Waals surface area contributed by atoms with Crippen molar-refractivity contribution in [2.75, 3.05) is 7.11 Å². The minimum Gasteiger partial charge on any atom is -0.496 e. The van der Waals surface area contributed by atoms with Crippen LogP contribution in [0.4, 0.5) is 0 Å². The summed E-state index contributed by atoms with van der Waals surface area (Å²) in [6.45, 7) is 0. The molecule has 0 aliphatic rings. The fourth-order valence-corrected chi connectivity index (χ4v) is 3.04. The van der Waals surface area contributed by atoms with Crippen LogP contribution >= 0.6 is 27.3 Å². The van der Waals surface area contributed by atoms with Gasteiger partial charge >= 0.3 is 5.97 Å². The molecule has 0 aliphatic heterocycles. The molecule has 2 N–H and O–H groups in total. The Morgan fingerprint density at radius 2 is 2.16 bits per heavy atom. The lowest BCUT2D eigenvalue weighted by Crippen LogP contribution is -2.06. The Bertz CT molecular complexity index is 608. The average Bonchev–Trinajstić information content (AvgIpc) is 2.87. The molecular formula is C13H11BrO4S. The molecule has 0 fully saturated rings. The van der Waals surface area contributed by atoms with Crippen molar-refractivity contribution in [2.45, 2.75) is 6.10 Å². The summed E-state index contributed by atoms with van der Waals surface area (Å²) in [5.41, 5.74) is 0.640. The third-order valence-corrected chi connectivity index (χ3v) is 4.12. The molecular weight excluding hydrogens is 332 g/mol. The fraction of sp³-hybridized carbons (Fsp3) is 0.154. The van der Waals surface area contributed by atoms with Crippen molar-refractivity contribution < 1.29 is 19.7 Å².